The Balaban J connectivity index is 1.48. The second kappa shape index (κ2) is 7.93. The summed E-state index contributed by atoms with van der Waals surface area (Å²) in [6, 6.07) is 7.91. The molecule has 0 radical (unpaired) electrons. The van der Waals surface area contributed by atoms with Gasteiger partial charge in [-0.2, -0.15) is 21.5 Å². The second-order valence-electron chi connectivity index (χ2n) is 7.04. The molecular formula is C22H18N6OS2. The molecule has 0 atom stereocenters. The molecule has 5 aromatic rings. The van der Waals surface area contributed by atoms with E-state index in [-0.39, 0.29) is 5.91 Å². The van der Waals surface area contributed by atoms with Crippen molar-refractivity contribution in [3.05, 3.63) is 75.3 Å². The van der Waals surface area contributed by atoms with Gasteiger partial charge in [0.1, 0.15) is 9.71 Å². The lowest BCUT2D eigenvalue weighted by Gasteiger charge is -2.07. The summed E-state index contributed by atoms with van der Waals surface area (Å²) in [6.07, 6.45) is 7.15. The Kier molecular flexibility index (Phi) is 4.97. The molecule has 1 amide bonds. The van der Waals surface area contributed by atoms with Crippen molar-refractivity contribution in [2.24, 2.45) is 5.10 Å². The smallest absolute Gasteiger partial charge is 0.283 e. The molecule has 0 saturated carbocycles. The number of aromatic amines is 1. The van der Waals surface area contributed by atoms with Gasteiger partial charge in [0.2, 0.25) is 0 Å². The van der Waals surface area contributed by atoms with Crippen LogP contribution in [0.1, 0.15) is 26.5 Å². The Morgan fingerprint density at radius 2 is 2.13 bits per heavy atom. The SMILES string of the molecule is Cc1cc(C)c2c(-n3cccc3)c(C(=O)N/N=C\c3cn[nH]c3-c3ccsc3)sc2n1. The van der Waals surface area contributed by atoms with Gasteiger partial charge in [-0.05, 0) is 49.1 Å². The average Bonchev–Trinajstić information content (AvgIpc) is 3.52. The Hall–Kier alpha value is -3.56. The molecule has 7 nitrogen and oxygen atoms in total. The number of nitrogens with zero attached hydrogens (tertiary/aromatic N) is 4. The first-order valence-electron chi connectivity index (χ1n) is 9.55. The Morgan fingerprint density at radius 1 is 1.29 bits per heavy atom. The second-order valence-corrected chi connectivity index (χ2v) is 8.82. The molecule has 5 aromatic heterocycles. The highest BCUT2D eigenvalue weighted by molar-refractivity contribution is 7.21. The van der Waals surface area contributed by atoms with Crippen molar-refractivity contribution in [1.82, 2.24) is 25.2 Å². The first-order valence-corrected chi connectivity index (χ1v) is 11.3. The molecule has 0 unspecified atom stereocenters. The van der Waals surface area contributed by atoms with Crippen molar-refractivity contribution in [3.8, 4) is 16.9 Å². The number of carbonyl (C=O) groups is 1. The third-order valence-corrected chi connectivity index (χ3v) is 6.63. The molecular weight excluding hydrogens is 428 g/mol. The summed E-state index contributed by atoms with van der Waals surface area (Å²) in [5, 5.41) is 16.3. The maximum absolute atomic E-state index is 13.1. The van der Waals surface area contributed by atoms with E-state index in [9.17, 15) is 4.79 Å². The van der Waals surface area contributed by atoms with Crippen LogP contribution in [0.5, 0.6) is 0 Å². The largest absolute Gasteiger partial charge is 0.322 e. The lowest BCUT2D eigenvalue weighted by molar-refractivity contribution is 0.0959. The summed E-state index contributed by atoms with van der Waals surface area (Å²) < 4.78 is 1.95. The minimum absolute atomic E-state index is 0.277. The summed E-state index contributed by atoms with van der Waals surface area (Å²) in [7, 11) is 0. The summed E-state index contributed by atoms with van der Waals surface area (Å²) >= 11 is 2.98. The third kappa shape index (κ3) is 3.58. The van der Waals surface area contributed by atoms with Gasteiger partial charge >= 0.3 is 0 Å². The predicted octanol–water partition coefficient (Wildman–Crippen LogP) is 4.92. The number of rotatable bonds is 5. The van der Waals surface area contributed by atoms with Crippen LogP contribution in [0.3, 0.4) is 0 Å². The van der Waals surface area contributed by atoms with Crippen LogP contribution in [-0.2, 0) is 0 Å². The van der Waals surface area contributed by atoms with Crippen molar-refractivity contribution in [2.75, 3.05) is 0 Å². The van der Waals surface area contributed by atoms with Crippen molar-refractivity contribution in [3.63, 3.8) is 0 Å². The first kappa shape index (κ1) is 19.4. The molecule has 5 rings (SSSR count). The maximum atomic E-state index is 13.1. The zero-order chi connectivity index (χ0) is 21.4. The number of pyridine rings is 1. The average molecular weight is 447 g/mol. The fourth-order valence-electron chi connectivity index (χ4n) is 3.55. The quantitative estimate of drug-likeness (QED) is 0.297. The highest BCUT2D eigenvalue weighted by Crippen LogP contribution is 2.35. The monoisotopic (exact) mass is 446 g/mol. The molecule has 0 aliphatic carbocycles. The van der Waals surface area contributed by atoms with Crippen LogP contribution < -0.4 is 5.43 Å². The van der Waals surface area contributed by atoms with Gasteiger partial charge in [-0.1, -0.05) is 0 Å². The number of aryl methyl sites for hydroxylation is 2. The van der Waals surface area contributed by atoms with E-state index in [4.69, 9.17) is 0 Å². The normalized spacial score (nSPS) is 11.5. The molecule has 9 heteroatoms. The van der Waals surface area contributed by atoms with Gasteiger partial charge in [0.05, 0.1) is 23.8 Å². The van der Waals surface area contributed by atoms with E-state index in [1.165, 1.54) is 11.3 Å². The molecule has 0 aromatic carbocycles. The van der Waals surface area contributed by atoms with Gasteiger partial charge in [0.25, 0.3) is 5.91 Å². The van der Waals surface area contributed by atoms with Crippen LogP contribution in [0, 0.1) is 13.8 Å². The van der Waals surface area contributed by atoms with Crippen LogP contribution in [-0.4, -0.2) is 31.9 Å². The molecule has 0 fully saturated rings. The van der Waals surface area contributed by atoms with Crippen molar-refractivity contribution in [1.29, 1.82) is 0 Å². The lowest BCUT2D eigenvalue weighted by Crippen LogP contribution is -2.18. The summed E-state index contributed by atoms with van der Waals surface area (Å²) in [5.74, 6) is -0.277. The van der Waals surface area contributed by atoms with Gasteiger partial charge in [0, 0.05) is 40.0 Å². The minimum Gasteiger partial charge on any atom is -0.322 e. The maximum Gasteiger partial charge on any atom is 0.283 e. The van der Waals surface area contributed by atoms with E-state index < -0.39 is 0 Å². The molecule has 0 saturated heterocycles. The topological polar surface area (TPSA) is 88.0 Å². The number of hydrogen-bond donors (Lipinski definition) is 2. The van der Waals surface area contributed by atoms with Crippen LogP contribution in [0.25, 0.3) is 27.2 Å². The highest BCUT2D eigenvalue weighted by Gasteiger charge is 2.22. The lowest BCUT2D eigenvalue weighted by atomic mass is 10.1. The summed E-state index contributed by atoms with van der Waals surface area (Å²) in [5.41, 5.74) is 8.20. The van der Waals surface area contributed by atoms with Crippen LogP contribution in [0.15, 0.2) is 58.7 Å². The number of thiophene rings is 2. The fraction of sp³-hybridized carbons (Fsp3) is 0.0909. The van der Waals surface area contributed by atoms with Crippen molar-refractivity contribution >= 4 is 45.0 Å². The molecule has 0 bridgehead atoms. The van der Waals surface area contributed by atoms with E-state index in [1.54, 1.807) is 23.7 Å². The predicted molar refractivity (Wildman–Crippen MR) is 125 cm³/mol. The van der Waals surface area contributed by atoms with Crippen molar-refractivity contribution in [2.45, 2.75) is 13.8 Å². The highest BCUT2D eigenvalue weighted by atomic mass is 32.1. The molecule has 0 aliphatic heterocycles. The number of aromatic nitrogens is 4. The summed E-state index contributed by atoms with van der Waals surface area (Å²) in [4.78, 5) is 19.1. The standard InChI is InChI=1S/C22H18N6OS2/c1-13-9-14(2)25-22-17(13)19(28-6-3-4-7-28)20(31-22)21(29)27-24-11-16-10-23-26-18(16)15-5-8-30-12-15/h3-12H,1-2H3,(H,23,26)(H,27,29)/b24-11-. The number of nitrogens with one attached hydrogen (secondary N) is 2. The Labute approximate surface area is 186 Å². The van der Waals surface area contributed by atoms with E-state index in [2.05, 4.69) is 25.7 Å². The molecule has 5 heterocycles. The number of fused-ring (bicyclic) bond motifs is 1. The van der Waals surface area contributed by atoms with Gasteiger partial charge in [0.15, 0.2) is 0 Å². The van der Waals surface area contributed by atoms with Crippen LogP contribution in [0.2, 0.25) is 0 Å². The molecule has 154 valence electrons. The number of amides is 1. The third-order valence-electron chi connectivity index (χ3n) is 4.88. The van der Waals surface area contributed by atoms with E-state index in [0.717, 1.165) is 44.0 Å². The van der Waals surface area contributed by atoms with Gasteiger partial charge in [-0.15, -0.1) is 11.3 Å². The van der Waals surface area contributed by atoms with Crippen LogP contribution >= 0.6 is 22.7 Å². The number of carbonyl (C=O) groups excluding carboxylic acids is 1. The fourth-order valence-corrected chi connectivity index (χ4v) is 5.38. The number of H-pyrrole nitrogens is 1. The summed E-state index contributed by atoms with van der Waals surface area (Å²) in [6.45, 7) is 4.00. The minimum atomic E-state index is -0.277. The molecule has 31 heavy (non-hydrogen) atoms. The first-order chi connectivity index (χ1) is 15.1. The Morgan fingerprint density at radius 3 is 2.90 bits per heavy atom. The van der Waals surface area contributed by atoms with Gasteiger partial charge in [-0.25, -0.2) is 10.4 Å². The number of hydrogen-bond acceptors (Lipinski definition) is 6. The van der Waals surface area contributed by atoms with Gasteiger partial charge < -0.3 is 4.57 Å². The van der Waals surface area contributed by atoms with Gasteiger partial charge in [-0.3, -0.25) is 9.89 Å². The van der Waals surface area contributed by atoms with E-state index in [1.807, 2.05) is 65.8 Å². The number of hydrazone groups is 1. The van der Waals surface area contributed by atoms with Crippen LogP contribution in [0.4, 0.5) is 0 Å². The molecule has 0 aliphatic rings. The molecule has 0 spiro atoms. The zero-order valence-corrected chi connectivity index (χ0v) is 18.4. The Bertz CT molecular complexity index is 1390. The van der Waals surface area contributed by atoms with Crippen molar-refractivity contribution < 1.29 is 4.79 Å². The zero-order valence-electron chi connectivity index (χ0n) is 16.8. The van der Waals surface area contributed by atoms with E-state index >= 15 is 0 Å². The van der Waals surface area contributed by atoms with E-state index in [0.29, 0.717) is 4.88 Å². The molecule has 2 N–H and O–H groups in total.